The van der Waals surface area contributed by atoms with E-state index in [2.05, 4.69) is 5.32 Å². The van der Waals surface area contributed by atoms with Crippen molar-refractivity contribution in [3.05, 3.63) is 70.4 Å². The molecule has 24 heavy (non-hydrogen) atoms. The van der Waals surface area contributed by atoms with Gasteiger partial charge in [0.25, 0.3) is 5.91 Å². The normalized spacial score (nSPS) is 10.9. The van der Waals surface area contributed by atoms with Crippen molar-refractivity contribution in [2.24, 2.45) is 0 Å². The Kier molecular flexibility index (Phi) is 5.98. The second-order valence-corrected chi connectivity index (χ2v) is 5.19. The zero-order valence-electron chi connectivity index (χ0n) is 13.2. The summed E-state index contributed by atoms with van der Waals surface area (Å²) in [4.78, 5) is 24.4. The number of nitrogens with one attached hydrogen (secondary N) is 1. The van der Waals surface area contributed by atoms with Gasteiger partial charge in [-0.25, -0.2) is 4.79 Å². The zero-order valence-corrected chi connectivity index (χ0v) is 14.0. The van der Waals surface area contributed by atoms with Crippen LogP contribution in [0.2, 0.25) is 5.02 Å². The molecule has 2 aromatic carbocycles. The standard InChI is InChI=1S/C18H16ClNO4/c1-23-16-6-4-3-5-14(16)17(21)20-15(18(22)24-2)11-12-7-9-13(19)10-8-12/h3-11H,1-2H3,(H,20,21). The van der Waals surface area contributed by atoms with E-state index < -0.39 is 11.9 Å². The number of methoxy groups -OCH3 is 2. The van der Waals surface area contributed by atoms with Gasteiger partial charge < -0.3 is 14.8 Å². The highest BCUT2D eigenvalue weighted by atomic mass is 35.5. The summed E-state index contributed by atoms with van der Waals surface area (Å²) in [7, 11) is 2.71. The first-order valence-electron chi connectivity index (χ1n) is 7.05. The molecule has 0 radical (unpaired) electrons. The lowest BCUT2D eigenvalue weighted by molar-refractivity contribution is -0.136. The second-order valence-electron chi connectivity index (χ2n) is 4.76. The Balaban J connectivity index is 2.30. The summed E-state index contributed by atoms with van der Waals surface area (Å²) in [6, 6.07) is 13.5. The van der Waals surface area contributed by atoms with E-state index in [0.717, 1.165) is 0 Å². The summed E-state index contributed by atoms with van der Waals surface area (Å²) >= 11 is 5.84. The van der Waals surface area contributed by atoms with E-state index in [1.807, 2.05) is 0 Å². The van der Waals surface area contributed by atoms with Crippen molar-refractivity contribution in [1.29, 1.82) is 0 Å². The average molecular weight is 346 g/mol. The summed E-state index contributed by atoms with van der Waals surface area (Å²) in [5.74, 6) is -0.725. The van der Waals surface area contributed by atoms with Crippen LogP contribution >= 0.6 is 11.6 Å². The third kappa shape index (κ3) is 4.36. The van der Waals surface area contributed by atoms with Crippen molar-refractivity contribution in [2.45, 2.75) is 0 Å². The first-order valence-corrected chi connectivity index (χ1v) is 7.43. The molecule has 0 atom stereocenters. The van der Waals surface area contributed by atoms with Crippen LogP contribution < -0.4 is 10.1 Å². The smallest absolute Gasteiger partial charge is 0.354 e. The molecule has 0 fully saturated rings. The van der Waals surface area contributed by atoms with Gasteiger partial charge in [0, 0.05) is 5.02 Å². The molecule has 6 heteroatoms. The van der Waals surface area contributed by atoms with Crippen LogP contribution in [-0.2, 0) is 9.53 Å². The van der Waals surface area contributed by atoms with Gasteiger partial charge in [0.1, 0.15) is 11.4 Å². The maximum Gasteiger partial charge on any atom is 0.354 e. The van der Waals surface area contributed by atoms with Crippen LogP contribution in [0, 0.1) is 0 Å². The summed E-state index contributed by atoms with van der Waals surface area (Å²) in [6.07, 6.45) is 1.51. The molecule has 0 saturated heterocycles. The third-order valence-electron chi connectivity index (χ3n) is 3.19. The largest absolute Gasteiger partial charge is 0.496 e. The number of carbonyl (C=O) groups excluding carboxylic acids is 2. The molecule has 0 bridgehead atoms. The zero-order chi connectivity index (χ0) is 17.5. The van der Waals surface area contributed by atoms with Crippen LogP contribution in [0.1, 0.15) is 15.9 Å². The fourth-order valence-corrected chi connectivity index (χ4v) is 2.13. The van der Waals surface area contributed by atoms with E-state index in [-0.39, 0.29) is 5.70 Å². The average Bonchev–Trinajstić information content (AvgIpc) is 2.62. The Morgan fingerprint density at radius 2 is 1.71 bits per heavy atom. The molecular formula is C18H16ClNO4. The number of para-hydroxylation sites is 1. The first-order chi connectivity index (χ1) is 11.5. The molecule has 2 rings (SSSR count). The topological polar surface area (TPSA) is 64.6 Å². The molecule has 2 aromatic rings. The van der Waals surface area contributed by atoms with E-state index in [1.165, 1.54) is 20.3 Å². The van der Waals surface area contributed by atoms with E-state index >= 15 is 0 Å². The van der Waals surface area contributed by atoms with Crippen molar-refractivity contribution in [2.75, 3.05) is 14.2 Å². The van der Waals surface area contributed by atoms with Gasteiger partial charge >= 0.3 is 5.97 Å². The fraction of sp³-hybridized carbons (Fsp3) is 0.111. The summed E-state index contributed by atoms with van der Waals surface area (Å²) in [6.45, 7) is 0. The van der Waals surface area contributed by atoms with Gasteiger partial charge in [-0.1, -0.05) is 35.9 Å². The molecule has 0 aliphatic carbocycles. The molecule has 0 unspecified atom stereocenters. The Labute approximate surface area is 144 Å². The highest BCUT2D eigenvalue weighted by molar-refractivity contribution is 6.30. The van der Waals surface area contributed by atoms with Crippen molar-refractivity contribution >= 4 is 29.6 Å². The third-order valence-corrected chi connectivity index (χ3v) is 3.44. The minimum atomic E-state index is -0.659. The monoisotopic (exact) mass is 345 g/mol. The molecule has 1 amide bonds. The SMILES string of the molecule is COC(=O)C(=Cc1ccc(Cl)cc1)NC(=O)c1ccccc1OC. The molecule has 0 saturated carbocycles. The molecule has 1 N–H and O–H groups in total. The lowest BCUT2D eigenvalue weighted by Gasteiger charge is -2.11. The van der Waals surface area contributed by atoms with Gasteiger partial charge in [0.05, 0.1) is 19.8 Å². The number of hydrogen-bond donors (Lipinski definition) is 1. The highest BCUT2D eigenvalue weighted by Crippen LogP contribution is 2.18. The molecule has 0 aliphatic heterocycles. The Morgan fingerprint density at radius 1 is 1.04 bits per heavy atom. The van der Waals surface area contributed by atoms with Gasteiger partial charge in [-0.05, 0) is 35.9 Å². The van der Waals surface area contributed by atoms with Crippen molar-refractivity contribution in [1.82, 2.24) is 5.32 Å². The first kappa shape index (κ1) is 17.6. The summed E-state index contributed by atoms with van der Waals surface area (Å²) < 4.78 is 9.88. The Hall–Kier alpha value is -2.79. The van der Waals surface area contributed by atoms with Crippen LogP contribution in [0.25, 0.3) is 6.08 Å². The van der Waals surface area contributed by atoms with E-state index in [9.17, 15) is 9.59 Å². The van der Waals surface area contributed by atoms with Crippen molar-refractivity contribution in [3.63, 3.8) is 0 Å². The van der Waals surface area contributed by atoms with E-state index in [0.29, 0.717) is 21.9 Å². The van der Waals surface area contributed by atoms with Crippen LogP contribution in [-0.4, -0.2) is 26.1 Å². The minimum Gasteiger partial charge on any atom is -0.496 e. The number of benzene rings is 2. The second kappa shape index (κ2) is 8.17. The maximum absolute atomic E-state index is 12.4. The summed E-state index contributed by atoms with van der Waals surface area (Å²) in [5, 5.41) is 3.13. The van der Waals surface area contributed by atoms with Gasteiger partial charge in [0.15, 0.2) is 0 Å². The molecule has 0 spiro atoms. The summed E-state index contributed by atoms with van der Waals surface area (Å²) in [5.41, 5.74) is 1.02. The molecule has 124 valence electrons. The van der Waals surface area contributed by atoms with Crippen LogP contribution in [0.3, 0.4) is 0 Å². The van der Waals surface area contributed by atoms with E-state index in [4.69, 9.17) is 21.1 Å². The predicted molar refractivity (Wildman–Crippen MR) is 91.9 cm³/mol. The molecule has 0 heterocycles. The highest BCUT2D eigenvalue weighted by Gasteiger charge is 2.17. The van der Waals surface area contributed by atoms with E-state index in [1.54, 1.807) is 48.5 Å². The van der Waals surface area contributed by atoms with Crippen LogP contribution in [0.15, 0.2) is 54.2 Å². The van der Waals surface area contributed by atoms with Gasteiger partial charge in [-0.3, -0.25) is 4.79 Å². The predicted octanol–water partition coefficient (Wildman–Crippen LogP) is 3.29. The lowest BCUT2D eigenvalue weighted by atomic mass is 10.1. The number of rotatable bonds is 5. The fourth-order valence-electron chi connectivity index (χ4n) is 2.00. The number of carbonyl (C=O) groups is 2. The van der Waals surface area contributed by atoms with Crippen LogP contribution in [0.4, 0.5) is 0 Å². The molecular weight excluding hydrogens is 330 g/mol. The minimum absolute atomic E-state index is 0.00993. The molecule has 0 aromatic heterocycles. The number of halogens is 1. The Bertz CT molecular complexity index is 769. The maximum atomic E-state index is 12.4. The van der Waals surface area contributed by atoms with Crippen molar-refractivity contribution in [3.8, 4) is 5.75 Å². The van der Waals surface area contributed by atoms with Crippen LogP contribution in [0.5, 0.6) is 5.75 Å². The lowest BCUT2D eigenvalue weighted by Crippen LogP contribution is -2.28. The van der Waals surface area contributed by atoms with Gasteiger partial charge in [0.2, 0.25) is 0 Å². The Morgan fingerprint density at radius 3 is 2.33 bits per heavy atom. The number of hydrogen-bond acceptors (Lipinski definition) is 4. The molecule has 0 aliphatic rings. The van der Waals surface area contributed by atoms with Crippen molar-refractivity contribution < 1.29 is 19.1 Å². The quantitative estimate of drug-likeness (QED) is 0.667. The molecule has 5 nitrogen and oxygen atoms in total. The van der Waals surface area contributed by atoms with Gasteiger partial charge in [-0.15, -0.1) is 0 Å². The number of amides is 1. The number of ether oxygens (including phenoxy) is 2. The number of esters is 1. The van der Waals surface area contributed by atoms with Gasteiger partial charge in [-0.2, -0.15) is 0 Å².